The average Bonchev–Trinajstić information content (AvgIpc) is 3.99. The van der Waals surface area contributed by atoms with E-state index in [0.29, 0.717) is 17.5 Å². The number of rotatable bonds is 6. The van der Waals surface area contributed by atoms with Gasteiger partial charge in [-0.05, 0) is 77.9 Å². The standard InChI is InChI=1S/C53H33N5S/c1-4-14-34(15-5-1)51-54-52(35-16-6-2-7-17-35)56-53(55-51)39-20-12-18-36(28-39)37-19-13-23-41(29-37)58-47-30-38-26-27-57(40-21-8-3-9-22-40)46(38)32-44(47)43-31-45-42-24-10-11-25-49(42)59-50(45)33-48(43)58/h1-33H. The van der Waals surface area contributed by atoms with E-state index < -0.39 is 0 Å². The van der Waals surface area contributed by atoms with Gasteiger partial charge in [-0.25, -0.2) is 15.0 Å². The molecule has 0 unspecified atom stereocenters. The fourth-order valence-electron chi connectivity index (χ4n) is 8.55. The summed E-state index contributed by atoms with van der Waals surface area (Å²) in [7, 11) is 0. The predicted molar refractivity (Wildman–Crippen MR) is 246 cm³/mol. The lowest BCUT2D eigenvalue weighted by Gasteiger charge is -2.12. The van der Waals surface area contributed by atoms with Crippen LogP contribution in [0.5, 0.6) is 0 Å². The van der Waals surface area contributed by atoms with Crippen molar-refractivity contribution in [3.8, 4) is 56.7 Å². The maximum atomic E-state index is 5.02. The molecule has 0 amide bonds. The van der Waals surface area contributed by atoms with Crippen molar-refractivity contribution in [3.05, 3.63) is 200 Å². The summed E-state index contributed by atoms with van der Waals surface area (Å²) in [5.41, 5.74) is 10.8. The van der Waals surface area contributed by atoms with Crippen LogP contribution < -0.4 is 0 Å². The van der Waals surface area contributed by atoms with Crippen LogP contribution >= 0.6 is 11.3 Å². The molecule has 4 aromatic heterocycles. The molecule has 0 saturated heterocycles. The third-order valence-corrected chi connectivity index (χ3v) is 12.5. The fourth-order valence-corrected chi connectivity index (χ4v) is 9.67. The van der Waals surface area contributed by atoms with E-state index in [9.17, 15) is 0 Å². The molecule has 0 aliphatic heterocycles. The number of para-hydroxylation sites is 1. The topological polar surface area (TPSA) is 48.5 Å². The normalized spacial score (nSPS) is 11.7. The summed E-state index contributed by atoms with van der Waals surface area (Å²) in [5.74, 6) is 1.93. The van der Waals surface area contributed by atoms with Crippen molar-refractivity contribution in [2.24, 2.45) is 0 Å². The van der Waals surface area contributed by atoms with Gasteiger partial charge in [0.1, 0.15) is 0 Å². The first-order chi connectivity index (χ1) is 29.2. The first kappa shape index (κ1) is 33.5. The number of fused-ring (bicyclic) bond motifs is 7. The van der Waals surface area contributed by atoms with Crippen molar-refractivity contribution in [2.75, 3.05) is 0 Å². The van der Waals surface area contributed by atoms with Crippen LogP contribution in [0.2, 0.25) is 0 Å². The zero-order chi connectivity index (χ0) is 38.9. The second-order valence-electron chi connectivity index (χ2n) is 14.9. The van der Waals surface area contributed by atoms with Crippen LogP contribution in [0.3, 0.4) is 0 Å². The summed E-state index contributed by atoms with van der Waals surface area (Å²) in [6.07, 6.45) is 2.18. The van der Waals surface area contributed by atoms with Crippen molar-refractivity contribution >= 4 is 64.2 Å². The molecule has 0 bridgehead atoms. The molecule has 0 aliphatic rings. The molecule has 6 heteroatoms. The van der Waals surface area contributed by atoms with Crippen LogP contribution in [0.4, 0.5) is 0 Å². The number of benzene rings is 8. The lowest BCUT2D eigenvalue weighted by molar-refractivity contribution is 1.07. The number of nitrogens with zero attached hydrogens (tertiary/aromatic N) is 5. The Bertz CT molecular complexity index is 3490. The Kier molecular flexibility index (Phi) is 7.64. The number of hydrogen-bond acceptors (Lipinski definition) is 4. The monoisotopic (exact) mass is 771 g/mol. The third kappa shape index (κ3) is 5.64. The van der Waals surface area contributed by atoms with Crippen molar-refractivity contribution in [3.63, 3.8) is 0 Å². The molecule has 5 nitrogen and oxygen atoms in total. The molecule has 0 fully saturated rings. The third-order valence-electron chi connectivity index (χ3n) is 11.4. The Morgan fingerprint density at radius 2 is 0.898 bits per heavy atom. The zero-order valence-corrected chi connectivity index (χ0v) is 32.5. The van der Waals surface area contributed by atoms with Crippen LogP contribution in [0.1, 0.15) is 0 Å². The Labute approximate surface area is 343 Å². The maximum absolute atomic E-state index is 5.02. The summed E-state index contributed by atoms with van der Waals surface area (Å²) < 4.78 is 7.33. The Balaban J connectivity index is 1.03. The quantitative estimate of drug-likeness (QED) is 0.169. The van der Waals surface area contributed by atoms with Gasteiger partial charge in [-0.1, -0.05) is 127 Å². The minimum absolute atomic E-state index is 0.636. The highest BCUT2D eigenvalue weighted by Crippen LogP contribution is 2.42. The number of thiophene rings is 1. The molecule has 0 saturated carbocycles. The molecule has 59 heavy (non-hydrogen) atoms. The molecule has 0 radical (unpaired) electrons. The molecule has 0 N–H and O–H groups in total. The lowest BCUT2D eigenvalue weighted by atomic mass is 10.0. The molecule has 12 aromatic rings. The fraction of sp³-hybridized carbons (Fsp3) is 0. The molecule has 4 heterocycles. The second kappa shape index (κ2) is 13.5. The highest BCUT2D eigenvalue weighted by atomic mass is 32.1. The molecule has 12 rings (SSSR count). The molecular formula is C53H33N5S. The smallest absolute Gasteiger partial charge is 0.164 e. The lowest BCUT2D eigenvalue weighted by Crippen LogP contribution is -2.00. The van der Waals surface area contributed by atoms with Gasteiger partial charge in [-0.3, -0.25) is 0 Å². The summed E-state index contributed by atoms with van der Waals surface area (Å²) in [6.45, 7) is 0. The van der Waals surface area contributed by atoms with Gasteiger partial charge >= 0.3 is 0 Å². The van der Waals surface area contributed by atoms with Gasteiger partial charge in [0.2, 0.25) is 0 Å². The largest absolute Gasteiger partial charge is 0.317 e. The first-order valence-corrected chi connectivity index (χ1v) is 20.6. The van der Waals surface area contributed by atoms with Gasteiger partial charge in [-0.2, -0.15) is 0 Å². The van der Waals surface area contributed by atoms with Gasteiger partial charge in [0.25, 0.3) is 0 Å². The van der Waals surface area contributed by atoms with E-state index in [4.69, 9.17) is 15.0 Å². The number of hydrogen-bond donors (Lipinski definition) is 0. The van der Waals surface area contributed by atoms with Gasteiger partial charge in [0, 0.05) is 70.6 Å². The van der Waals surface area contributed by atoms with E-state index in [1.54, 1.807) is 0 Å². The van der Waals surface area contributed by atoms with E-state index in [0.717, 1.165) is 39.2 Å². The minimum Gasteiger partial charge on any atom is -0.317 e. The summed E-state index contributed by atoms with van der Waals surface area (Å²) in [5, 5.41) is 6.26. The van der Waals surface area contributed by atoms with Gasteiger partial charge in [0.05, 0.1) is 16.6 Å². The van der Waals surface area contributed by atoms with Gasteiger partial charge in [0.15, 0.2) is 17.5 Å². The molecule has 0 aliphatic carbocycles. The predicted octanol–water partition coefficient (Wildman–Crippen LogP) is 13.9. The van der Waals surface area contributed by atoms with E-state index in [1.165, 1.54) is 52.9 Å². The Morgan fingerprint density at radius 1 is 0.339 bits per heavy atom. The van der Waals surface area contributed by atoms with Gasteiger partial charge in [-0.15, -0.1) is 11.3 Å². The van der Waals surface area contributed by atoms with Crippen LogP contribution in [-0.2, 0) is 0 Å². The van der Waals surface area contributed by atoms with Crippen molar-refractivity contribution in [2.45, 2.75) is 0 Å². The molecule has 8 aromatic carbocycles. The SMILES string of the molecule is c1ccc(-c2nc(-c3ccccc3)nc(-c3cccc(-c4cccc(-n5c6cc7ccn(-c8ccccc8)c7cc6c6cc7c(cc65)sc5ccccc57)c4)c3)n2)cc1. The Morgan fingerprint density at radius 3 is 1.64 bits per heavy atom. The second-order valence-corrected chi connectivity index (χ2v) is 16.0. The Hall–Kier alpha value is -7.67. The molecule has 0 spiro atoms. The highest BCUT2D eigenvalue weighted by molar-refractivity contribution is 7.25. The van der Waals surface area contributed by atoms with Crippen molar-refractivity contribution in [1.82, 2.24) is 24.1 Å². The average molecular weight is 772 g/mol. The van der Waals surface area contributed by atoms with Crippen LogP contribution in [0, 0.1) is 0 Å². The zero-order valence-electron chi connectivity index (χ0n) is 31.7. The molecule has 0 atom stereocenters. The summed E-state index contributed by atoms with van der Waals surface area (Å²) >= 11 is 1.86. The summed E-state index contributed by atoms with van der Waals surface area (Å²) in [4.78, 5) is 15.0. The molecular weight excluding hydrogens is 739 g/mol. The van der Waals surface area contributed by atoms with E-state index in [-0.39, 0.29) is 0 Å². The van der Waals surface area contributed by atoms with E-state index >= 15 is 0 Å². The highest BCUT2D eigenvalue weighted by Gasteiger charge is 2.19. The van der Waals surface area contributed by atoms with Crippen molar-refractivity contribution < 1.29 is 0 Å². The van der Waals surface area contributed by atoms with Crippen LogP contribution in [0.25, 0.3) is 110 Å². The van der Waals surface area contributed by atoms with Crippen LogP contribution in [-0.4, -0.2) is 24.1 Å². The van der Waals surface area contributed by atoms with Crippen LogP contribution in [0.15, 0.2) is 200 Å². The number of aromatic nitrogens is 5. The van der Waals surface area contributed by atoms with E-state index in [2.05, 4.69) is 149 Å². The minimum atomic E-state index is 0.636. The first-order valence-electron chi connectivity index (χ1n) is 19.8. The van der Waals surface area contributed by atoms with Crippen molar-refractivity contribution in [1.29, 1.82) is 0 Å². The van der Waals surface area contributed by atoms with Gasteiger partial charge < -0.3 is 9.13 Å². The maximum Gasteiger partial charge on any atom is 0.164 e. The summed E-state index contributed by atoms with van der Waals surface area (Å²) in [6, 6.07) is 68.8. The van der Waals surface area contributed by atoms with E-state index in [1.807, 2.05) is 72.0 Å². The molecule has 276 valence electrons.